The number of rotatable bonds is 7. The van der Waals surface area contributed by atoms with E-state index in [1.807, 2.05) is 50.2 Å². The number of anilines is 1. The number of furan rings is 1. The number of allylic oxidation sites excluding steroid dienone is 1. The molecular formula is C28H26FNO4. The van der Waals surface area contributed by atoms with Crippen LogP contribution in [0.3, 0.4) is 0 Å². The number of hydrogen-bond donors (Lipinski definition) is 1. The predicted molar refractivity (Wildman–Crippen MR) is 133 cm³/mol. The van der Waals surface area contributed by atoms with Crippen molar-refractivity contribution in [2.45, 2.75) is 20.8 Å². The van der Waals surface area contributed by atoms with Gasteiger partial charge in [-0.3, -0.25) is 4.79 Å². The summed E-state index contributed by atoms with van der Waals surface area (Å²) >= 11 is 0. The third-order valence-corrected chi connectivity index (χ3v) is 5.58. The van der Waals surface area contributed by atoms with Crippen LogP contribution < -0.4 is 14.8 Å². The molecule has 6 heteroatoms. The highest BCUT2D eigenvalue weighted by Gasteiger charge is 2.15. The van der Waals surface area contributed by atoms with Crippen molar-refractivity contribution in [2.75, 3.05) is 19.0 Å². The summed E-state index contributed by atoms with van der Waals surface area (Å²) in [7, 11) is 1.57. The van der Waals surface area contributed by atoms with Gasteiger partial charge in [0.2, 0.25) is 5.91 Å². The number of nitrogens with one attached hydrogen (secondary N) is 1. The average Bonchev–Trinajstić information content (AvgIpc) is 3.24. The Morgan fingerprint density at radius 2 is 1.88 bits per heavy atom. The molecule has 0 atom stereocenters. The summed E-state index contributed by atoms with van der Waals surface area (Å²) in [6, 6.07) is 16.2. The molecule has 1 amide bonds. The zero-order valence-corrected chi connectivity index (χ0v) is 19.6. The maximum absolute atomic E-state index is 13.8. The monoisotopic (exact) mass is 459 g/mol. The Balaban J connectivity index is 1.67. The molecule has 0 radical (unpaired) electrons. The molecule has 5 nitrogen and oxygen atoms in total. The molecule has 0 aliphatic heterocycles. The fourth-order valence-corrected chi connectivity index (χ4v) is 3.78. The van der Waals surface area contributed by atoms with Gasteiger partial charge in [0.05, 0.1) is 20.0 Å². The number of halogens is 1. The first-order chi connectivity index (χ1) is 16.4. The molecule has 0 unspecified atom stereocenters. The van der Waals surface area contributed by atoms with E-state index in [2.05, 4.69) is 5.32 Å². The van der Waals surface area contributed by atoms with Gasteiger partial charge in [0.15, 0.2) is 0 Å². The van der Waals surface area contributed by atoms with Crippen LogP contribution in [0.15, 0.2) is 71.4 Å². The minimum absolute atomic E-state index is 0.359. The lowest BCUT2D eigenvalue weighted by atomic mass is 9.99. The fourth-order valence-electron chi connectivity index (χ4n) is 3.78. The lowest BCUT2D eigenvalue weighted by Crippen LogP contribution is -2.09. The zero-order valence-electron chi connectivity index (χ0n) is 19.6. The van der Waals surface area contributed by atoms with Gasteiger partial charge in [-0.1, -0.05) is 18.2 Å². The molecular weight excluding hydrogens is 433 g/mol. The summed E-state index contributed by atoms with van der Waals surface area (Å²) in [4.78, 5) is 12.6. The van der Waals surface area contributed by atoms with E-state index < -0.39 is 0 Å². The van der Waals surface area contributed by atoms with Crippen molar-refractivity contribution in [3.8, 4) is 22.6 Å². The molecule has 0 fully saturated rings. The SMILES string of the molecule is CCOc1ccc(-c2coc3cc(OC)c(/C(C)=C/C(=O)Nc4ccc(C)c(F)c4)cc23)cc1. The maximum atomic E-state index is 13.8. The van der Waals surface area contributed by atoms with Crippen LogP contribution in [0, 0.1) is 12.7 Å². The van der Waals surface area contributed by atoms with Crippen LogP contribution in [0.1, 0.15) is 25.0 Å². The Morgan fingerprint density at radius 3 is 2.56 bits per heavy atom. The standard InChI is InChI=1S/C28H26FNO4/c1-5-33-21-10-7-19(8-11-21)24-16-34-27-15-26(32-4)22(14-23(24)27)18(3)12-28(31)30-20-9-6-17(2)25(29)13-20/h6-16H,5H2,1-4H3,(H,30,31)/b18-12+. The van der Waals surface area contributed by atoms with E-state index in [0.29, 0.717) is 34.8 Å². The number of fused-ring (bicyclic) bond motifs is 1. The van der Waals surface area contributed by atoms with E-state index in [0.717, 1.165) is 27.8 Å². The first-order valence-electron chi connectivity index (χ1n) is 11.0. The molecule has 0 saturated heterocycles. The maximum Gasteiger partial charge on any atom is 0.248 e. The number of aryl methyl sites for hydroxylation is 1. The van der Waals surface area contributed by atoms with Gasteiger partial charge < -0.3 is 19.2 Å². The van der Waals surface area contributed by atoms with Crippen molar-refractivity contribution in [1.29, 1.82) is 0 Å². The second-order valence-electron chi connectivity index (χ2n) is 7.94. The Bertz CT molecular complexity index is 1370. The summed E-state index contributed by atoms with van der Waals surface area (Å²) in [6.07, 6.45) is 3.18. The molecule has 0 spiro atoms. The minimum atomic E-state index is -0.368. The highest BCUT2D eigenvalue weighted by Crippen LogP contribution is 2.37. The number of methoxy groups -OCH3 is 1. The Morgan fingerprint density at radius 1 is 1.12 bits per heavy atom. The molecule has 3 aromatic carbocycles. The summed E-state index contributed by atoms with van der Waals surface area (Å²) in [6.45, 7) is 6.05. The number of carbonyl (C=O) groups excluding carboxylic acids is 1. The number of benzene rings is 3. The molecule has 0 aliphatic carbocycles. The topological polar surface area (TPSA) is 60.7 Å². The predicted octanol–water partition coefficient (Wildman–Crippen LogP) is 7.00. The second kappa shape index (κ2) is 9.83. The molecule has 1 heterocycles. The van der Waals surface area contributed by atoms with Crippen LogP contribution in [-0.2, 0) is 4.79 Å². The third-order valence-electron chi connectivity index (χ3n) is 5.58. The van der Waals surface area contributed by atoms with Gasteiger partial charge in [0.1, 0.15) is 22.9 Å². The molecule has 0 bridgehead atoms. The quantitative estimate of drug-likeness (QED) is 0.302. The first kappa shape index (κ1) is 23.1. The molecule has 0 saturated carbocycles. The van der Waals surface area contributed by atoms with Crippen LogP contribution in [0.5, 0.6) is 11.5 Å². The van der Waals surface area contributed by atoms with Crippen LogP contribution in [0.4, 0.5) is 10.1 Å². The van der Waals surface area contributed by atoms with Crippen LogP contribution in [0.2, 0.25) is 0 Å². The zero-order chi connectivity index (χ0) is 24.2. The van der Waals surface area contributed by atoms with Crippen molar-refractivity contribution in [2.24, 2.45) is 0 Å². The Labute approximate surface area is 197 Å². The smallest absolute Gasteiger partial charge is 0.248 e. The Kier molecular flexibility index (Phi) is 6.68. The molecule has 4 aromatic rings. The van der Waals surface area contributed by atoms with E-state index in [4.69, 9.17) is 13.9 Å². The number of carbonyl (C=O) groups is 1. The van der Waals surface area contributed by atoms with Crippen LogP contribution in [-0.4, -0.2) is 19.6 Å². The summed E-state index contributed by atoms with van der Waals surface area (Å²) in [5, 5.41) is 3.60. The first-order valence-corrected chi connectivity index (χ1v) is 11.0. The fraction of sp³-hybridized carbons (Fsp3) is 0.179. The van der Waals surface area contributed by atoms with Gasteiger partial charge in [0, 0.05) is 34.3 Å². The van der Waals surface area contributed by atoms with Crippen molar-refractivity contribution in [1.82, 2.24) is 0 Å². The van der Waals surface area contributed by atoms with E-state index in [-0.39, 0.29) is 11.7 Å². The van der Waals surface area contributed by atoms with E-state index in [1.54, 1.807) is 32.4 Å². The second-order valence-corrected chi connectivity index (χ2v) is 7.94. The molecule has 174 valence electrons. The lowest BCUT2D eigenvalue weighted by Gasteiger charge is -2.11. The molecule has 34 heavy (non-hydrogen) atoms. The van der Waals surface area contributed by atoms with Crippen molar-refractivity contribution < 1.29 is 23.1 Å². The average molecular weight is 460 g/mol. The number of amides is 1. The molecule has 0 aliphatic rings. The Hall–Kier alpha value is -4.06. The van der Waals surface area contributed by atoms with Gasteiger partial charge in [-0.2, -0.15) is 0 Å². The minimum Gasteiger partial charge on any atom is -0.496 e. The molecule has 4 rings (SSSR count). The van der Waals surface area contributed by atoms with Crippen molar-refractivity contribution >= 4 is 28.1 Å². The van der Waals surface area contributed by atoms with Gasteiger partial charge in [-0.25, -0.2) is 4.39 Å². The molecule has 1 aromatic heterocycles. The van der Waals surface area contributed by atoms with Crippen molar-refractivity contribution in [3.63, 3.8) is 0 Å². The van der Waals surface area contributed by atoms with E-state index in [9.17, 15) is 9.18 Å². The van der Waals surface area contributed by atoms with E-state index in [1.165, 1.54) is 12.1 Å². The normalized spacial score (nSPS) is 11.5. The summed E-state index contributed by atoms with van der Waals surface area (Å²) in [5.74, 6) is 0.664. The van der Waals surface area contributed by atoms with Crippen molar-refractivity contribution in [3.05, 3.63) is 83.9 Å². The van der Waals surface area contributed by atoms with Gasteiger partial charge in [-0.15, -0.1) is 0 Å². The molecule has 1 N–H and O–H groups in total. The van der Waals surface area contributed by atoms with Gasteiger partial charge in [-0.05, 0) is 67.8 Å². The van der Waals surface area contributed by atoms with E-state index >= 15 is 0 Å². The highest BCUT2D eigenvalue weighted by atomic mass is 19.1. The highest BCUT2D eigenvalue weighted by molar-refractivity contribution is 6.05. The van der Waals surface area contributed by atoms with Crippen LogP contribution in [0.25, 0.3) is 27.7 Å². The summed E-state index contributed by atoms with van der Waals surface area (Å²) in [5.41, 5.74) is 4.96. The van der Waals surface area contributed by atoms with Gasteiger partial charge >= 0.3 is 0 Å². The van der Waals surface area contributed by atoms with Crippen LogP contribution >= 0.6 is 0 Å². The summed E-state index contributed by atoms with van der Waals surface area (Å²) < 4.78 is 30.7. The third kappa shape index (κ3) is 4.81. The number of hydrogen-bond acceptors (Lipinski definition) is 4. The largest absolute Gasteiger partial charge is 0.496 e. The lowest BCUT2D eigenvalue weighted by molar-refractivity contribution is -0.111. The van der Waals surface area contributed by atoms with Gasteiger partial charge in [0.25, 0.3) is 0 Å². The number of ether oxygens (including phenoxy) is 2.